The number of imide groups is 1. The van der Waals surface area contributed by atoms with Crippen LogP contribution in [0.25, 0.3) is 16.8 Å². The standard InChI is InChI=1S/C31H31NO4S/c1-18(14-20-10-11-26(33)23-8-4-3-7-22(20)23)9-12-27-28-19(2)15-24-29(25(28)17-36-27)31(35)32(30(24)34)16-21-6-5-13-37-21/h3-8,10-11,13-14,24-25,27,29,33H,9,12,15-17H2,1-2H3/b18-14+/t24-,25+,27-,29-/m1/s1. The molecule has 0 unspecified atom stereocenters. The number of aromatic hydroxyl groups is 1. The van der Waals surface area contributed by atoms with Gasteiger partial charge in [0.1, 0.15) is 5.75 Å². The predicted octanol–water partition coefficient (Wildman–Crippen LogP) is 6.33. The average molecular weight is 514 g/mol. The third kappa shape index (κ3) is 4.22. The Kier molecular flexibility index (Phi) is 6.25. The molecule has 3 aromatic rings. The van der Waals surface area contributed by atoms with Crippen molar-refractivity contribution in [1.29, 1.82) is 0 Å². The van der Waals surface area contributed by atoms with Gasteiger partial charge in [-0.25, -0.2) is 0 Å². The summed E-state index contributed by atoms with van der Waals surface area (Å²) in [7, 11) is 0. The summed E-state index contributed by atoms with van der Waals surface area (Å²) in [5.41, 5.74) is 4.80. The maximum atomic E-state index is 13.4. The second-order valence-corrected chi connectivity index (χ2v) is 11.6. The van der Waals surface area contributed by atoms with E-state index in [2.05, 4.69) is 19.9 Å². The summed E-state index contributed by atoms with van der Waals surface area (Å²) in [5, 5.41) is 14.1. The van der Waals surface area contributed by atoms with Crippen LogP contribution in [0.5, 0.6) is 5.75 Å². The Balaban J connectivity index is 1.18. The zero-order valence-corrected chi connectivity index (χ0v) is 22.0. The number of hydrogen-bond acceptors (Lipinski definition) is 5. The minimum Gasteiger partial charge on any atom is -0.507 e. The van der Waals surface area contributed by atoms with Crippen LogP contribution >= 0.6 is 11.3 Å². The highest BCUT2D eigenvalue weighted by atomic mass is 32.1. The average Bonchev–Trinajstić information content (AvgIpc) is 3.62. The number of benzene rings is 2. The Bertz CT molecular complexity index is 1440. The molecule has 6 heteroatoms. The fourth-order valence-corrected chi connectivity index (χ4v) is 7.23. The molecule has 6 rings (SSSR count). The third-order valence-corrected chi connectivity index (χ3v) is 9.14. The van der Waals surface area contributed by atoms with Crippen LogP contribution in [-0.4, -0.2) is 34.5 Å². The van der Waals surface area contributed by atoms with Crippen LogP contribution in [0.15, 0.2) is 70.6 Å². The van der Waals surface area contributed by atoms with E-state index in [0.717, 1.165) is 34.1 Å². The van der Waals surface area contributed by atoms with Crippen LogP contribution in [0, 0.1) is 17.8 Å². The van der Waals surface area contributed by atoms with Gasteiger partial charge in [0, 0.05) is 16.2 Å². The molecule has 3 aliphatic rings. The van der Waals surface area contributed by atoms with Gasteiger partial charge in [0.15, 0.2) is 0 Å². The molecular formula is C31H31NO4S. The molecule has 4 atom stereocenters. The van der Waals surface area contributed by atoms with Gasteiger partial charge in [0.2, 0.25) is 11.8 Å². The fraction of sp³-hybridized carbons (Fsp3) is 0.355. The Labute approximate surface area is 221 Å². The minimum absolute atomic E-state index is 0.00105. The van der Waals surface area contributed by atoms with Gasteiger partial charge >= 0.3 is 0 Å². The van der Waals surface area contributed by atoms with Gasteiger partial charge in [0.25, 0.3) is 0 Å². The number of hydrogen-bond donors (Lipinski definition) is 1. The monoisotopic (exact) mass is 513 g/mol. The molecule has 1 aliphatic carbocycles. The maximum Gasteiger partial charge on any atom is 0.234 e. The van der Waals surface area contributed by atoms with Gasteiger partial charge in [-0.3, -0.25) is 14.5 Å². The highest BCUT2D eigenvalue weighted by Gasteiger charge is 2.56. The van der Waals surface area contributed by atoms with Crippen molar-refractivity contribution in [1.82, 2.24) is 4.90 Å². The van der Waals surface area contributed by atoms with Crippen molar-refractivity contribution >= 4 is 40.0 Å². The SMILES string of the molecule is CC1=C2[C@@H](CC/C(C)=C/c3ccc(O)c4ccccc34)OC[C@@H]2[C@@H]2C(=O)N(Cc3cccs3)C(=O)[C@@H]2C1. The number of phenolic OH excluding ortho intramolecular Hbond substituents is 1. The molecule has 1 N–H and O–H groups in total. The number of fused-ring (bicyclic) bond motifs is 4. The smallest absolute Gasteiger partial charge is 0.234 e. The van der Waals surface area contributed by atoms with Crippen molar-refractivity contribution in [3.05, 3.63) is 81.1 Å². The molecular weight excluding hydrogens is 482 g/mol. The number of amides is 2. The Morgan fingerprint density at radius 1 is 1.08 bits per heavy atom. The maximum absolute atomic E-state index is 13.4. The Hall–Kier alpha value is -3.22. The first kappa shape index (κ1) is 24.1. The summed E-state index contributed by atoms with van der Waals surface area (Å²) in [6, 6.07) is 15.5. The van der Waals surface area contributed by atoms with Crippen molar-refractivity contribution in [3.8, 4) is 5.75 Å². The van der Waals surface area contributed by atoms with E-state index in [1.165, 1.54) is 21.6 Å². The first-order chi connectivity index (χ1) is 17.9. The second kappa shape index (κ2) is 9.58. The van der Waals surface area contributed by atoms with Crippen molar-refractivity contribution < 1.29 is 19.4 Å². The number of carbonyl (C=O) groups excluding carboxylic acids is 2. The number of likely N-dealkylation sites (tertiary alicyclic amines) is 1. The number of phenols is 1. The van der Waals surface area contributed by atoms with Crippen molar-refractivity contribution in [3.63, 3.8) is 0 Å². The van der Waals surface area contributed by atoms with Gasteiger partial charge < -0.3 is 9.84 Å². The van der Waals surface area contributed by atoms with E-state index >= 15 is 0 Å². The Morgan fingerprint density at radius 2 is 1.89 bits per heavy atom. The van der Waals surface area contributed by atoms with E-state index in [9.17, 15) is 14.7 Å². The fourth-order valence-electron chi connectivity index (χ4n) is 6.54. The van der Waals surface area contributed by atoms with Gasteiger partial charge in [-0.1, -0.05) is 53.6 Å². The lowest BCUT2D eigenvalue weighted by Crippen LogP contribution is -2.34. The lowest BCUT2D eigenvalue weighted by molar-refractivity contribution is -0.140. The van der Waals surface area contributed by atoms with E-state index in [-0.39, 0.29) is 35.7 Å². The number of nitrogens with zero attached hydrogens (tertiary/aromatic N) is 1. The van der Waals surface area contributed by atoms with Crippen LogP contribution < -0.4 is 0 Å². The molecule has 0 spiro atoms. The summed E-state index contributed by atoms with van der Waals surface area (Å²) in [6.07, 6.45) is 4.54. The molecule has 0 radical (unpaired) electrons. The molecule has 37 heavy (non-hydrogen) atoms. The van der Waals surface area contributed by atoms with E-state index in [0.29, 0.717) is 25.3 Å². The minimum atomic E-state index is -0.295. The highest BCUT2D eigenvalue weighted by molar-refractivity contribution is 7.09. The first-order valence-electron chi connectivity index (χ1n) is 13.0. The lowest BCUT2D eigenvalue weighted by Gasteiger charge is -2.30. The third-order valence-electron chi connectivity index (χ3n) is 8.28. The van der Waals surface area contributed by atoms with Crippen LogP contribution in [0.2, 0.25) is 0 Å². The van der Waals surface area contributed by atoms with E-state index in [1.807, 2.05) is 47.8 Å². The van der Waals surface area contributed by atoms with Crippen molar-refractivity contribution in [2.45, 2.75) is 45.8 Å². The number of carbonyl (C=O) groups is 2. The number of thiophene rings is 1. The zero-order valence-electron chi connectivity index (χ0n) is 21.1. The molecule has 1 aromatic heterocycles. The molecule has 2 aromatic carbocycles. The largest absolute Gasteiger partial charge is 0.507 e. The predicted molar refractivity (Wildman–Crippen MR) is 146 cm³/mol. The molecule has 5 nitrogen and oxygen atoms in total. The van der Waals surface area contributed by atoms with Crippen molar-refractivity contribution in [2.75, 3.05) is 6.61 Å². The second-order valence-electron chi connectivity index (χ2n) is 10.6. The molecule has 190 valence electrons. The van der Waals surface area contributed by atoms with Crippen LogP contribution in [-0.2, 0) is 20.9 Å². The van der Waals surface area contributed by atoms with Crippen molar-refractivity contribution in [2.24, 2.45) is 17.8 Å². The summed E-state index contributed by atoms with van der Waals surface area (Å²) >= 11 is 1.58. The number of rotatable bonds is 6. The van der Waals surface area contributed by atoms with E-state index in [1.54, 1.807) is 17.4 Å². The summed E-state index contributed by atoms with van der Waals surface area (Å²) in [4.78, 5) is 29.2. The van der Waals surface area contributed by atoms with E-state index < -0.39 is 0 Å². The lowest BCUT2D eigenvalue weighted by atomic mass is 9.70. The van der Waals surface area contributed by atoms with E-state index in [4.69, 9.17) is 4.74 Å². The first-order valence-corrected chi connectivity index (χ1v) is 13.9. The van der Waals surface area contributed by atoms with Crippen LogP contribution in [0.4, 0.5) is 0 Å². The van der Waals surface area contributed by atoms with Crippen LogP contribution in [0.3, 0.4) is 0 Å². The summed E-state index contributed by atoms with van der Waals surface area (Å²) in [5.74, 6) is -0.311. The van der Waals surface area contributed by atoms with Gasteiger partial charge in [-0.15, -0.1) is 11.3 Å². The van der Waals surface area contributed by atoms with Crippen LogP contribution in [0.1, 0.15) is 43.6 Å². The highest BCUT2D eigenvalue weighted by Crippen LogP contribution is 2.50. The molecule has 2 aliphatic heterocycles. The molecule has 3 heterocycles. The molecule has 0 saturated carbocycles. The zero-order chi connectivity index (χ0) is 25.7. The topological polar surface area (TPSA) is 66.8 Å². The molecule has 0 bridgehead atoms. The molecule has 2 amide bonds. The van der Waals surface area contributed by atoms with Gasteiger partial charge in [-0.05, 0) is 67.1 Å². The number of allylic oxidation sites excluding steroid dienone is 2. The van der Waals surface area contributed by atoms with Gasteiger partial charge in [-0.2, -0.15) is 0 Å². The quantitative estimate of drug-likeness (QED) is 0.309. The Morgan fingerprint density at radius 3 is 2.68 bits per heavy atom. The summed E-state index contributed by atoms with van der Waals surface area (Å²) < 4.78 is 6.29. The van der Waals surface area contributed by atoms with Gasteiger partial charge in [0.05, 0.1) is 31.1 Å². The molecule has 2 saturated heterocycles. The number of ether oxygens (including phenoxy) is 1. The summed E-state index contributed by atoms with van der Waals surface area (Å²) in [6.45, 7) is 5.14. The normalized spacial score (nSPS) is 25.8. The molecule has 2 fully saturated rings.